The van der Waals surface area contributed by atoms with E-state index in [2.05, 4.69) is 0 Å². The van der Waals surface area contributed by atoms with Crippen molar-refractivity contribution in [3.8, 4) is 16.9 Å². The van der Waals surface area contributed by atoms with Crippen LogP contribution in [-0.2, 0) is 4.79 Å². The molecule has 1 aromatic heterocycles. The second-order valence-electron chi connectivity index (χ2n) is 9.10. The molecule has 7 heteroatoms. The van der Waals surface area contributed by atoms with Crippen LogP contribution in [0.25, 0.3) is 16.9 Å². The van der Waals surface area contributed by atoms with Crippen molar-refractivity contribution in [1.29, 1.82) is 0 Å². The molecule has 1 saturated carbocycles. The van der Waals surface area contributed by atoms with Crippen molar-refractivity contribution in [2.75, 3.05) is 26.2 Å². The van der Waals surface area contributed by atoms with E-state index >= 15 is 0 Å². The van der Waals surface area contributed by atoms with Gasteiger partial charge in [0.15, 0.2) is 0 Å². The lowest BCUT2D eigenvalue weighted by molar-refractivity contribution is -0.139. The van der Waals surface area contributed by atoms with Crippen molar-refractivity contribution < 1.29 is 14.0 Å². The zero-order chi connectivity index (χ0) is 23.8. The third-order valence-corrected chi connectivity index (χ3v) is 7.27. The number of carbonyl (C=O) groups excluding carboxylic acids is 2. The summed E-state index contributed by atoms with van der Waals surface area (Å²) in [7, 11) is 0. The van der Waals surface area contributed by atoms with E-state index in [1.54, 1.807) is 18.2 Å². The fourth-order valence-corrected chi connectivity index (χ4v) is 4.94. The van der Waals surface area contributed by atoms with E-state index in [-0.39, 0.29) is 23.5 Å². The molecule has 34 heavy (non-hydrogen) atoms. The Morgan fingerprint density at radius 2 is 1.62 bits per heavy atom. The molecular formula is C27H27ClFN3O2. The van der Waals surface area contributed by atoms with Gasteiger partial charge in [0.25, 0.3) is 5.91 Å². The molecule has 0 radical (unpaired) electrons. The van der Waals surface area contributed by atoms with Crippen LogP contribution in [0, 0.1) is 18.7 Å². The van der Waals surface area contributed by atoms with Crippen LogP contribution in [0.1, 0.15) is 35.3 Å². The Bertz CT molecular complexity index is 1230. The quantitative estimate of drug-likeness (QED) is 0.507. The minimum absolute atomic E-state index is 0.0707. The van der Waals surface area contributed by atoms with Gasteiger partial charge in [0.2, 0.25) is 5.91 Å². The first-order valence-electron chi connectivity index (χ1n) is 11.7. The Kier molecular flexibility index (Phi) is 6.17. The first kappa shape index (κ1) is 22.7. The van der Waals surface area contributed by atoms with Gasteiger partial charge in [-0.05, 0) is 61.7 Å². The summed E-state index contributed by atoms with van der Waals surface area (Å²) in [6.07, 6.45) is 3.10. The normalized spacial score (nSPS) is 16.4. The zero-order valence-electron chi connectivity index (χ0n) is 19.1. The van der Waals surface area contributed by atoms with Crippen LogP contribution in [0.5, 0.6) is 0 Å². The average molecular weight is 480 g/mol. The van der Waals surface area contributed by atoms with Crippen molar-refractivity contribution in [3.63, 3.8) is 0 Å². The topological polar surface area (TPSA) is 45.6 Å². The maximum absolute atomic E-state index is 14.1. The van der Waals surface area contributed by atoms with Gasteiger partial charge in [-0.25, -0.2) is 4.39 Å². The molecule has 1 aliphatic carbocycles. The van der Waals surface area contributed by atoms with Crippen LogP contribution in [-0.4, -0.2) is 52.4 Å². The molecular weight excluding hydrogens is 453 g/mol. The van der Waals surface area contributed by atoms with Crippen molar-refractivity contribution in [2.24, 2.45) is 5.92 Å². The van der Waals surface area contributed by atoms with Crippen LogP contribution in [0.2, 0.25) is 5.02 Å². The molecule has 1 saturated heterocycles. The lowest BCUT2D eigenvalue weighted by Gasteiger charge is -2.38. The largest absolute Gasteiger partial charge is 0.339 e. The summed E-state index contributed by atoms with van der Waals surface area (Å²) >= 11 is 6.09. The summed E-state index contributed by atoms with van der Waals surface area (Å²) in [5.74, 6) is -0.00469. The number of benzene rings is 2. The molecule has 2 fully saturated rings. The number of rotatable bonds is 4. The van der Waals surface area contributed by atoms with E-state index in [4.69, 9.17) is 11.6 Å². The Balaban J connectivity index is 1.45. The molecule has 2 aliphatic rings. The highest BCUT2D eigenvalue weighted by molar-refractivity contribution is 6.30. The van der Waals surface area contributed by atoms with Gasteiger partial charge >= 0.3 is 0 Å². The number of carbonyl (C=O) groups is 2. The minimum atomic E-state index is -0.340. The van der Waals surface area contributed by atoms with Gasteiger partial charge in [-0.3, -0.25) is 9.59 Å². The van der Waals surface area contributed by atoms with Crippen molar-refractivity contribution in [1.82, 2.24) is 14.4 Å². The lowest BCUT2D eigenvalue weighted by Crippen LogP contribution is -2.52. The summed E-state index contributed by atoms with van der Waals surface area (Å²) in [5, 5.41) is 0.620. The van der Waals surface area contributed by atoms with Crippen LogP contribution in [0.3, 0.4) is 0 Å². The number of hydrogen-bond acceptors (Lipinski definition) is 2. The number of amides is 2. The molecule has 1 aliphatic heterocycles. The molecule has 0 bridgehead atoms. The number of aromatic nitrogens is 1. The van der Waals surface area contributed by atoms with E-state index in [0.717, 1.165) is 36.2 Å². The maximum Gasteiger partial charge on any atom is 0.255 e. The van der Waals surface area contributed by atoms with Gasteiger partial charge in [-0.1, -0.05) is 36.2 Å². The van der Waals surface area contributed by atoms with Gasteiger partial charge in [0, 0.05) is 48.5 Å². The van der Waals surface area contributed by atoms with Gasteiger partial charge in [0.05, 0.1) is 11.3 Å². The summed E-state index contributed by atoms with van der Waals surface area (Å²) in [5.41, 5.74) is 3.65. The molecule has 5 nitrogen and oxygen atoms in total. The Hall–Kier alpha value is -3.12. The molecule has 0 spiro atoms. The number of halogens is 2. The molecule has 0 N–H and O–H groups in total. The fourth-order valence-electron chi connectivity index (χ4n) is 4.82. The zero-order valence-corrected chi connectivity index (χ0v) is 19.9. The highest BCUT2D eigenvalue weighted by Crippen LogP contribution is 2.32. The maximum atomic E-state index is 14.1. The summed E-state index contributed by atoms with van der Waals surface area (Å²) in [6.45, 7) is 4.04. The van der Waals surface area contributed by atoms with Crippen molar-refractivity contribution >= 4 is 23.4 Å². The highest BCUT2D eigenvalue weighted by Gasteiger charge is 2.33. The minimum Gasteiger partial charge on any atom is -0.339 e. The molecule has 5 rings (SSSR count). The molecule has 0 atom stereocenters. The van der Waals surface area contributed by atoms with Crippen LogP contribution >= 0.6 is 11.6 Å². The summed E-state index contributed by atoms with van der Waals surface area (Å²) in [4.78, 5) is 29.8. The van der Waals surface area contributed by atoms with Crippen LogP contribution in [0.4, 0.5) is 4.39 Å². The smallest absolute Gasteiger partial charge is 0.255 e. The standard InChI is InChI=1S/C27H27ClFN3O2/c1-18-24(27(34)31-14-12-30(13-15-31)26(33)20-4-2-5-20)17-25(19-8-10-21(28)11-9-19)32(18)23-7-3-6-22(29)16-23/h3,6-11,16-17,20H,2,4-5,12-15H2,1H3. The molecule has 2 heterocycles. The number of hydrogen-bond donors (Lipinski definition) is 0. The third kappa shape index (κ3) is 4.23. The average Bonchev–Trinajstić information content (AvgIpc) is 3.15. The van der Waals surface area contributed by atoms with Crippen molar-refractivity contribution in [2.45, 2.75) is 26.2 Å². The third-order valence-electron chi connectivity index (χ3n) is 7.02. The Morgan fingerprint density at radius 1 is 0.941 bits per heavy atom. The molecule has 176 valence electrons. The predicted molar refractivity (Wildman–Crippen MR) is 131 cm³/mol. The van der Waals surface area contributed by atoms with Gasteiger partial charge in [0.1, 0.15) is 5.82 Å². The van der Waals surface area contributed by atoms with Gasteiger partial charge in [-0.2, -0.15) is 0 Å². The lowest BCUT2D eigenvalue weighted by atomic mass is 9.84. The molecule has 2 amide bonds. The van der Waals surface area contributed by atoms with Crippen LogP contribution in [0.15, 0.2) is 54.6 Å². The van der Waals surface area contributed by atoms with Gasteiger partial charge < -0.3 is 14.4 Å². The summed E-state index contributed by atoms with van der Waals surface area (Å²) < 4.78 is 16.0. The Morgan fingerprint density at radius 3 is 2.24 bits per heavy atom. The van der Waals surface area contributed by atoms with Crippen molar-refractivity contribution in [3.05, 3.63) is 76.7 Å². The molecule has 0 unspecified atom stereocenters. The fraction of sp³-hybridized carbons (Fsp3) is 0.333. The van der Waals surface area contributed by atoms with E-state index in [0.29, 0.717) is 42.5 Å². The second kappa shape index (κ2) is 9.26. The molecule has 2 aromatic carbocycles. The predicted octanol–water partition coefficient (Wildman–Crippen LogP) is 5.33. The first-order chi connectivity index (χ1) is 16.4. The summed E-state index contributed by atoms with van der Waals surface area (Å²) in [6, 6.07) is 15.6. The number of nitrogens with zero attached hydrogens (tertiary/aromatic N) is 3. The number of piperazine rings is 1. The van der Waals surface area contributed by atoms with Crippen LogP contribution < -0.4 is 0 Å². The molecule has 3 aromatic rings. The monoisotopic (exact) mass is 479 g/mol. The SMILES string of the molecule is Cc1c(C(=O)N2CCN(C(=O)C3CCC3)CC2)cc(-c2ccc(Cl)cc2)n1-c1cccc(F)c1. The van der Waals surface area contributed by atoms with Gasteiger partial charge in [-0.15, -0.1) is 0 Å². The van der Waals surface area contributed by atoms with E-state index in [9.17, 15) is 14.0 Å². The van der Waals surface area contributed by atoms with E-state index in [1.165, 1.54) is 12.1 Å². The van der Waals surface area contributed by atoms with E-state index in [1.807, 2.05) is 45.6 Å². The Labute approximate surface area is 203 Å². The second-order valence-corrected chi connectivity index (χ2v) is 9.53. The van der Waals surface area contributed by atoms with E-state index < -0.39 is 0 Å². The first-order valence-corrected chi connectivity index (χ1v) is 12.1. The highest BCUT2D eigenvalue weighted by atomic mass is 35.5.